The number of hydrogen-bond acceptors (Lipinski definition) is 3. The van der Waals surface area contributed by atoms with Crippen LogP contribution in [0.2, 0.25) is 0 Å². The lowest BCUT2D eigenvalue weighted by Crippen LogP contribution is -2.60. The van der Waals surface area contributed by atoms with Crippen molar-refractivity contribution in [3.63, 3.8) is 0 Å². The van der Waals surface area contributed by atoms with E-state index in [0.29, 0.717) is 18.1 Å². The van der Waals surface area contributed by atoms with Crippen LogP contribution in [-0.2, 0) is 4.74 Å². The average Bonchev–Trinajstić information content (AvgIpc) is 2.26. The highest BCUT2D eigenvalue weighted by atomic mass is 16.5. The third-order valence-electron chi connectivity index (χ3n) is 4.34. The van der Waals surface area contributed by atoms with Crippen LogP contribution in [0.1, 0.15) is 40.5 Å². The first-order valence-corrected chi connectivity index (χ1v) is 6.47. The van der Waals surface area contributed by atoms with E-state index in [1.165, 1.54) is 0 Å². The molecule has 3 heteroatoms. The summed E-state index contributed by atoms with van der Waals surface area (Å²) in [6.45, 7) is 10.6. The lowest BCUT2D eigenvalue weighted by atomic mass is 9.83. The van der Waals surface area contributed by atoms with Crippen LogP contribution in [-0.4, -0.2) is 42.8 Å². The third kappa shape index (κ3) is 2.76. The van der Waals surface area contributed by atoms with Crippen molar-refractivity contribution in [2.75, 3.05) is 20.2 Å². The van der Waals surface area contributed by atoms with Gasteiger partial charge in [-0.25, -0.2) is 0 Å². The Morgan fingerprint density at radius 3 is 2.50 bits per heavy atom. The zero-order valence-corrected chi connectivity index (χ0v) is 11.5. The van der Waals surface area contributed by atoms with Gasteiger partial charge >= 0.3 is 0 Å². The number of ether oxygens (including phenoxy) is 1. The molecule has 0 aromatic rings. The average molecular weight is 228 g/mol. The summed E-state index contributed by atoms with van der Waals surface area (Å²) in [5.74, 6) is 0.659. The van der Waals surface area contributed by atoms with Crippen LogP contribution in [0, 0.1) is 5.92 Å². The van der Waals surface area contributed by atoms with Crippen LogP contribution in [0.3, 0.4) is 0 Å². The molecule has 0 spiro atoms. The number of nitrogens with two attached hydrogens (primary N) is 1. The van der Waals surface area contributed by atoms with Crippen molar-refractivity contribution in [2.45, 2.75) is 58.2 Å². The normalized spacial score (nSPS) is 33.4. The SMILES string of the molecule is CC1CC(CN)(N(C)C(C)C(C)C)CCO1. The van der Waals surface area contributed by atoms with Gasteiger partial charge in [0.25, 0.3) is 0 Å². The number of nitrogens with zero attached hydrogens (tertiary/aromatic N) is 1. The summed E-state index contributed by atoms with van der Waals surface area (Å²) in [5.41, 5.74) is 6.18. The molecule has 16 heavy (non-hydrogen) atoms. The molecule has 1 aliphatic heterocycles. The zero-order valence-electron chi connectivity index (χ0n) is 11.5. The minimum atomic E-state index is 0.140. The first-order valence-electron chi connectivity index (χ1n) is 6.47. The van der Waals surface area contributed by atoms with Gasteiger partial charge in [-0.05, 0) is 39.7 Å². The molecule has 0 aliphatic carbocycles. The third-order valence-corrected chi connectivity index (χ3v) is 4.34. The van der Waals surface area contributed by atoms with Gasteiger partial charge in [0.15, 0.2) is 0 Å². The van der Waals surface area contributed by atoms with Crippen molar-refractivity contribution < 1.29 is 4.74 Å². The minimum Gasteiger partial charge on any atom is -0.378 e. The second-order valence-corrected chi connectivity index (χ2v) is 5.66. The van der Waals surface area contributed by atoms with E-state index in [0.717, 1.165) is 26.0 Å². The van der Waals surface area contributed by atoms with Gasteiger partial charge in [-0.1, -0.05) is 13.8 Å². The Hall–Kier alpha value is -0.120. The lowest BCUT2D eigenvalue weighted by molar-refractivity contribution is -0.0709. The van der Waals surface area contributed by atoms with E-state index >= 15 is 0 Å². The number of likely N-dealkylation sites (N-methyl/N-ethyl adjacent to an activating group) is 1. The van der Waals surface area contributed by atoms with Crippen LogP contribution in [0.4, 0.5) is 0 Å². The second kappa shape index (κ2) is 5.48. The zero-order chi connectivity index (χ0) is 12.3. The highest BCUT2D eigenvalue weighted by Gasteiger charge is 2.40. The molecule has 3 unspecified atom stereocenters. The van der Waals surface area contributed by atoms with E-state index in [1.54, 1.807) is 0 Å². The van der Waals surface area contributed by atoms with E-state index in [9.17, 15) is 0 Å². The van der Waals surface area contributed by atoms with Crippen molar-refractivity contribution in [1.29, 1.82) is 0 Å². The van der Waals surface area contributed by atoms with Crippen LogP contribution < -0.4 is 5.73 Å². The van der Waals surface area contributed by atoms with Crippen molar-refractivity contribution in [2.24, 2.45) is 11.7 Å². The van der Waals surface area contributed by atoms with Gasteiger partial charge in [-0.2, -0.15) is 0 Å². The predicted octanol–water partition coefficient (Wildman–Crippen LogP) is 1.86. The maximum atomic E-state index is 6.04. The quantitative estimate of drug-likeness (QED) is 0.798. The highest BCUT2D eigenvalue weighted by Crippen LogP contribution is 2.31. The summed E-state index contributed by atoms with van der Waals surface area (Å²) in [5, 5.41) is 0. The summed E-state index contributed by atoms with van der Waals surface area (Å²) in [7, 11) is 2.22. The Morgan fingerprint density at radius 2 is 2.06 bits per heavy atom. The van der Waals surface area contributed by atoms with Crippen LogP contribution in [0.15, 0.2) is 0 Å². The molecule has 0 radical (unpaired) electrons. The molecule has 0 aromatic heterocycles. The largest absolute Gasteiger partial charge is 0.378 e. The Morgan fingerprint density at radius 1 is 1.44 bits per heavy atom. The van der Waals surface area contributed by atoms with E-state index in [2.05, 4.69) is 39.6 Å². The van der Waals surface area contributed by atoms with Crippen LogP contribution >= 0.6 is 0 Å². The maximum absolute atomic E-state index is 6.04. The van der Waals surface area contributed by atoms with Gasteiger partial charge in [-0.15, -0.1) is 0 Å². The van der Waals surface area contributed by atoms with Crippen molar-refractivity contribution in [1.82, 2.24) is 4.90 Å². The smallest absolute Gasteiger partial charge is 0.0565 e. The summed E-state index contributed by atoms with van der Waals surface area (Å²) in [6.07, 6.45) is 2.44. The standard InChI is InChI=1S/C13H28N2O/c1-10(2)12(4)15(5)13(9-14)6-7-16-11(3)8-13/h10-12H,6-9,14H2,1-5H3. The van der Waals surface area contributed by atoms with E-state index in [1.807, 2.05) is 0 Å². The van der Waals surface area contributed by atoms with Gasteiger partial charge in [-0.3, -0.25) is 4.90 Å². The number of rotatable bonds is 4. The van der Waals surface area contributed by atoms with E-state index < -0.39 is 0 Å². The van der Waals surface area contributed by atoms with Crippen LogP contribution in [0.25, 0.3) is 0 Å². The fourth-order valence-corrected chi connectivity index (χ4v) is 2.68. The summed E-state index contributed by atoms with van der Waals surface area (Å²) < 4.78 is 5.64. The molecule has 1 fully saturated rings. The molecule has 1 rings (SSSR count). The van der Waals surface area contributed by atoms with Gasteiger partial charge in [0, 0.05) is 24.7 Å². The monoisotopic (exact) mass is 228 g/mol. The number of hydrogen-bond donors (Lipinski definition) is 1. The highest BCUT2D eigenvalue weighted by molar-refractivity contribution is 4.96. The topological polar surface area (TPSA) is 38.5 Å². The molecule has 1 aliphatic rings. The molecule has 0 saturated carbocycles. The molecule has 1 saturated heterocycles. The molecule has 3 atom stereocenters. The molecular formula is C13H28N2O. The molecule has 0 amide bonds. The maximum Gasteiger partial charge on any atom is 0.0565 e. The van der Waals surface area contributed by atoms with Crippen molar-refractivity contribution in [3.05, 3.63) is 0 Å². The van der Waals surface area contributed by atoms with Crippen LogP contribution in [0.5, 0.6) is 0 Å². The fraction of sp³-hybridized carbons (Fsp3) is 1.00. The first kappa shape index (κ1) is 13.9. The molecule has 0 aromatic carbocycles. The van der Waals surface area contributed by atoms with Gasteiger partial charge in [0.2, 0.25) is 0 Å². The Labute approximate surface area is 100 Å². The van der Waals surface area contributed by atoms with Gasteiger partial charge in [0.1, 0.15) is 0 Å². The summed E-state index contributed by atoms with van der Waals surface area (Å²) in [4.78, 5) is 2.48. The van der Waals surface area contributed by atoms with Crippen molar-refractivity contribution >= 4 is 0 Å². The predicted molar refractivity (Wildman–Crippen MR) is 68.5 cm³/mol. The molecule has 96 valence electrons. The Kier molecular flexibility index (Phi) is 4.77. The van der Waals surface area contributed by atoms with Crippen molar-refractivity contribution in [3.8, 4) is 0 Å². The first-order chi connectivity index (χ1) is 7.43. The Balaban J connectivity index is 2.78. The molecule has 3 nitrogen and oxygen atoms in total. The summed E-state index contributed by atoms with van der Waals surface area (Å²) in [6, 6.07) is 0.564. The minimum absolute atomic E-state index is 0.140. The molecule has 0 bridgehead atoms. The lowest BCUT2D eigenvalue weighted by Gasteiger charge is -2.49. The Bertz CT molecular complexity index is 220. The summed E-state index contributed by atoms with van der Waals surface area (Å²) >= 11 is 0. The van der Waals surface area contributed by atoms with Gasteiger partial charge in [0.05, 0.1) is 6.10 Å². The molecular weight excluding hydrogens is 200 g/mol. The van der Waals surface area contributed by atoms with E-state index in [-0.39, 0.29) is 5.54 Å². The van der Waals surface area contributed by atoms with E-state index in [4.69, 9.17) is 10.5 Å². The molecule has 1 heterocycles. The molecule has 2 N–H and O–H groups in total. The van der Waals surface area contributed by atoms with Gasteiger partial charge < -0.3 is 10.5 Å². The fourth-order valence-electron chi connectivity index (χ4n) is 2.68. The second-order valence-electron chi connectivity index (χ2n) is 5.66.